The molecule has 1 amide bonds. The van der Waals surface area contributed by atoms with Crippen LogP contribution in [0.25, 0.3) is 32.8 Å². The number of nitrogens with zero attached hydrogens (tertiary/aromatic N) is 1. The van der Waals surface area contributed by atoms with Crippen molar-refractivity contribution in [2.45, 2.75) is 0 Å². The lowest BCUT2D eigenvalue weighted by atomic mass is 10.0. The van der Waals surface area contributed by atoms with Gasteiger partial charge in [0.05, 0.1) is 5.69 Å². The number of halogens is 1. The van der Waals surface area contributed by atoms with Crippen molar-refractivity contribution in [1.29, 1.82) is 0 Å². The van der Waals surface area contributed by atoms with E-state index in [9.17, 15) is 4.79 Å². The van der Waals surface area contributed by atoms with Gasteiger partial charge in [-0.25, -0.2) is 4.98 Å². The molecule has 1 aromatic heterocycles. The summed E-state index contributed by atoms with van der Waals surface area (Å²) in [5.41, 5.74) is 2.53. The van der Waals surface area contributed by atoms with Gasteiger partial charge in [0.1, 0.15) is 0 Å². The van der Waals surface area contributed by atoms with Crippen molar-refractivity contribution in [3.8, 4) is 11.3 Å². The van der Waals surface area contributed by atoms with Crippen molar-refractivity contribution in [3.63, 3.8) is 0 Å². The van der Waals surface area contributed by atoms with Crippen molar-refractivity contribution >= 4 is 59.9 Å². The minimum absolute atomic E-state index is 0.155. The molecule has 0 aliphatic heterocycles. The fourth-order valence-electron chi connectivity index (χ4n) is 3.43. The first kappa shape index (κ1) is 18.0. The van der Waals surface area contributed by atoms with E-state index in [2.05, 4.69) is 56.6 Å². The molecule has 3 nitrogen and oxygen atoms in total. The Kier molecular flexibility index (Phi) is 4.62. The quantitative estimate of drug-likeness (QED) is 0.312. The summed E-state index contributed by atoms with van der Waals surface area (Å²) in [5, 5.41) is 9.81. The molecule has 1 N–H and O–H groups in total. The number of amides is 1. The van der Waals surface area contributed by atoms with E-state index in [1.54, 1.807) is 0 Å². The monoisotopic (exact) mass is 458 g/mol. The molecular formula is C24H15BrN2OS. The van der Waals surface area contributed by atoms with Crippen molar-refractivity contribution in [2.24, 2.45) is 0 Å². The second-order valence-corrected chi connectivity index (χ2v) is 8.50. The Hall–Kier alpha value is -3.02. The van der Waals surface area contributed by atoms with Crippen LogP contribution in [-0.4, -0.2) is 10.9 Å². The molecule has 0 saturated carbocycles. The summed E-state index contributed by atoms with van der Waals surface area (Å²) in [6, 6.07) is 26.2. The van der Waals surface area contributed by atoms with Gasteiger partial charge in [-0.15, -0.1) is 11.3 Å². The lowest BCUT2D eigenvalue weighted by Crippen LogP contribution is -2.12. The second kappa shape index (κ2) is 7.43. The highest BCUT2D eigenvalue weighted by molar-refractivity contribution is 9.10. The minimum Gasteiger partial charge on any atom is -0.298 e. The summed E-state index contributed by atoms with van der Waals surface area (Å²) in [5.74, 6) is -0.155. The van der Waals surface area contributed by atoms with Gasteiger partial charge in [-0.3, -0.25) is 10.1 Å². The standard InChI is InChI=1S/C24H15BrN2OS/c25-19-10-11-20-17(13-19)6-3-7-21(20)23(28)27-24-26-22(14-29-24)18-9-8-15-4-1-2-5-16(15)12-18/h1-14H,(H,26,27,28). The Morgan fingerprint density at radius 1 is 0.862 bits per heavy atom. The number of hydrogen-bond donors (Lipinski definition) is 1. The number of carbonyl (C=O) groups is 1. The summed E-state index contributed by atoms with van der Waals surface area (Å²) in [4.78, 5) is 17.5. The summed E-state index contributed by atoms with van der Waals surface area (Å²) in [7, 11) is 0. The molecule has 0 fully saturated rings. The van der Waals surface area contributed by atoms with Crippen LogP contribution in [0.3, 0.4) is 0 Å². The zero-order chi connectivity index (χ0) is 19.8. The topological polar surface area (TPSA) is 42.0 Å². The molecular weight excluding hydrogens is 444 g/mol. The number of benzene rings is 4. The summed E-state index contributed by atoms with van der Waals surface area (Å²) >= 11 is 4.91. The van der Waals surface area contributed by atoms with Crippen LogP contribution in [0.1, 0.15) is 10.4 Å². The van der Waals surface area contributed by atoms with Gasteiger partial charge in [-0.1, -0.05) is 70.5 Å². The van der Waals surface area contributed by atoms with Gasteiger partial charge in [0.25, 0.3) is 5.91 Å². The predicted molar refractivity (Wildman–Crippen MR) is 125 cm³/mol. The number of nitrogens with one attached hydrogen (secondary N) is 1. The van der Waals surface area contributed by atoms with Crippen LogP contribution in [0.2, 0.25) is 0 Å². The van der Waals surface area contributed by atoms with Crippen LogP contribution in [0, 0.1) is 0 Å². The molecule has 0 atom stereocenters. The van der Waals surface area contributed by atoms with Crippen LogP contribution in [-0.2, 0) is 0 Å². The maximum atomic E-state index is 12.9. The summed E-state index contributed by atoms with van der Waals surface area (Å²) < 4.78 is 0.988. The predicted octanol–water partition coefficient (Wildman–Crippen LogP) is 7.13. The van der Waals surface area contributed by atoms with E-state index in [-0.39, 0.29) is 5.91 Å². The summed E-state index contributed by atoms with van der Waals surface area (Å²) in [6.45, 7) is 0. The third-order valence-electron chi connectivity index (χ3n) is 4.86. The van der Waals surface area contributed by atoms with Crippen molar-refractivity contribution in [2.75, 3.05) is 5.32 Å². The first-order valence-corrected chi connectivity index (χ1v) is 10.8. The molecule has 0 aliphatic rings. The van der Waals surface area contributed by atoms with Gasteiger partial charge in [0, 0.05) is 21.0 Å². The highest BCUT2D eigenvalue weighted by Gasteiger charge is 2.13. The number of anilines is 1. The molecule has 140 valence electrons. The van der Waals surface area contributed by atoms with Gasteiger partial charge in [0.15, 0.2) is 5.13 Å². The highest BCUT2D eigenvalue weighted by Crippen LogP contribution is 2.29. The molecule has 0 bridgehead atoms. The molecule has 5 aromatic rings. The van der Waals surface area contributed by atoms with E-state index >= 15 is 0 Å². The average molecular weight is 459 g/mol. The number of fused-ring (bicyclic) bond motifs is 2. The molecule has 4 aromatic carbocycles. The van der Waals surface area contributed by atoms with Crippen LogP contribution >= 0.6 is 27.3 Å². The Balaban J connectivity index is 1.43. The van der Waals surface area contributed by atoms with Gasteiger partial charge in [-0.2, -0.15) is 0 Å². The normalized spacial score (nSPS) is 11.1. The van der Waals surface area contributed by atoms with E-state index in [4.69, 9.17) is 0 Å². The lowest BCUT2D eigenvalue weighted by molar-refractivity contribution is 0.102. The molecule has 1 heterocycles. The first-order chi connectivity index (χ1) is 14.2. The first-order valence-electron chi connectivity index (χ1n) is 9.12. The lowest BCUT2D eigenvalue weighted by Gasteiger charge is -2.06. The zero-order valence-electron chi connectivity index (χ0n) is 15.2. The number of hydrogen-bond acceptors (Lipinski definition) is 3. The Morgan fingerprint density at radius 2 is 1.69 bits per heavy atom. The Morgan fingerprint density at radius 3 is 2.59 bits per heavy atom. The largest absolute Gasteiger partial charge is 0.298 e. The molecule has 5 heteroatoms. The highest BCUT2D eigenvalue weighted by atomic mass is 79.9. The maximum Gasteiger partial charge on any atom is 0.258 e. The van der Waals surface area contributed by atoms with Crippen molar-refractivity contribution in [1.82, 2.24) is 4.98 Å². The SMILES string of the molecule is O=C(Nc1nc(-c2ccc3ccccc3c2)cs1)c1cccc2cc(Br)ccc12. The number of carbonyl (C=O) groups excluding carboxylic acids is 1. The second-order valence-electron chi connectivity index (χ2n) is 6.72. The molecule has 0 aliphatic carbocycles. The molecule has 0 spiro atoms. The van der Waals surface area contributed by atoms with E-state index in [1.807, 2.05) is 53.9 Å². The van der Waals surface area contributed by atoms with Crippen LogP contribution < -0.4 is 5.32 Å². The van der Waals surface area contributed by atoms with E-state index in [1.165, 1.54) is 22.1 Å². The fraction of sp³-hybridized carbons (Fsp3) is 0. The smallest absolute Gasteiger partial charge is 0.258 e. The van der Waals surface area contributed by atoms with E-state index < -0.39 is 0 Å². The van der Waals surface area contributed by atoms with E-state index in [0.717, 1.165) is 26.5 Å². The van der Waals surface area contributed by atoms with Crippen molar-refractivity contribution < 1.29 is 4.79 Å². The Labute approximate surface area is 180 Å². The molecule has 5 rings (SSSR count). The van der Waals surface area contributed by atoms with E-state index in [0.29, 0.717) is 10.7 Å². The Bertz CT molecular complexity index is 1380. The van der Waals surface area contributed by atoms with Gasteiger partial charge in [-0.05, 0) is 45.8 Å². The van der Waals surface area contributed by atoms with Crippen LogP contribution in [0.15, 0.2) is 88.7 Å². The molecule has 0 saturated heterocycles. The van der Waals surface area contributed by atoms with Gasteiger partial charge in [0.2, 0.25) is 0 Å². The third-order valence-corrected chi connectivity index (χ3v) is 6.11. The average Bonchev–Trinajstić information content (AvgIpc) is 3.21. The zero-order valence-corrected chi connectivity index (χ0v) is 17.6. The number of aromatic nitrogens is 1. The summed E-state index contributed by atoms with van der Waals surface area (Å²) in [6.07, 6.45) is 0. The van der Waals surface area contributed by atoms with Crippen LogP contribution in [0.5, 0.6) is 0 Å². The van der Waals surface area contributed by atoms with Gasteiger partial charge < -0.3 is 0 Å². The van der Waals surface area contributed by atoms with Crippen molar-refractivity contribution in [3.05, 3.63) is 94.3 Å². The minimum atomic E-state index is -0.155. The third kappa shape index (κ3) is 3.55. The molecule has 0 radical (unpaired) electrons. The van der Waals surface area contributed by atoms with Crippen LogP contribution in [0.4, 0.5) is 5.13 Å². The number of thiazole rings is 1. The molecule has 29 heavy (non-hydrogen) atoms. The fourth-order valence-corrected chi connectivity index (χ4v) is 4.52. The van der Waals surface area contributed by atoms with Gasteiger partial charge >= 0.3 is 0 Å². The molecule has 0 unspecified atom stereocenters. The number of rotatable bonds is 3. The maximum absolute atomic E-state index is 12.9.